The van der Waals surface area contributed by atoms with Crippen molar-refractivity contribution in [2.24, 2.45) is 0 Å². The van der Waals surface area contributed by atoms with Gasteiger partial charge in [0.05, 0.1) is 0 Å². The molecular weight excluding hydrogens is 324 g/mol. The Kier molecular flexibility index (Phi) is 4.70. The molecule has 0 saturated heterocycles. The number of amides is 1. The van der Waals surface area contributed by atoms with Crippen molar-refractivity contribution in [1.29, 1.82) is 0 Å². The summed E-state index contributed by atoms with van der Waals surface area (Å²) in [5.41, 5.74) is -0.142. The zero-order valence-corrected chi connectivity index (χ0v) is 13.0. The highest BCUT2D eigenvalue weighted by molar-refractivity contribution is 6.02. The lowest BCUT2D eigenvalue weighted by Crippen LogP contribution is -2.27. The Morgan fingerprint density at radius 1 is 1.12 bits per heavy atom. The maximum Gasteiger partial charge on any atom is 0.326 e. The predicted molar refractivity (Wildman–Crippen MR) is 90.6 cm³/mol. The molecule has 0 aliphatic rings. The van der Waals surface area contributed by atoms with Gasteiger partial charge in [0.25, 0.3) is 11.5 Å². The molecule has 0 aliphatic heterocycles. The Morgan fingerprint density at radius 3 is 2.76 bits per heavy atom. The second-order valence-corrected chi connectivity index (χ2v) is 5.13. The van der Waals surface area contributed by atoms with Crippen molar-refractivity contribution in [2.45, 2.75) is 6.61 Å². The van der Waals surface area contributed by atoms with Crippen LogP contribution >= 0.6 is 0 Å². The zero-order chi connectivity index (χ0) is 17.6. The first-order valence-electron chi connectivity index (χ1n) is 7.37. The molecule has 0 aliphatic carbocycles. The van der Waals surface area contributed by atoms with E-state index in [2.05, 4.69) is 15.3 Å². The molecule has 3 N–H and O–H groups in total. The number of pyridine rings is 1. The molecule has 0 radical (unpaired) electrons. The van der Waals surface area contributed by atoms with Crippen molar-refractivity contribution in [3.63, 3.8) is 0 Å². The number of nitrogens with one attached hydrogen (secondary N) is 3. The summed E-state index contributed by atoms with van der Waals surface area (Å²) in [6.07, 6.45) is 3.38. The smallest absolute Gasteiger partial charge is 0.326 e. The molecule has 8 nitrogen and oxygen atoms in total. The van der Waals surface area contributed by atoms with Gasteiger partial charge < -0.3 is 15.0 Å². The first-order chi connectivity index (χ1) is 12.1. The second kappa shape index (κ2) is 7.26. The first kappa shape index (κ1) is 16.2. The van der Waals surface area contributed by atoms with E-state index < -0.39 is 17.2 Å². The van der Waals surface area contributed by atoms with Gasteiger partial charge in [0, 0.05) is 35.8 Å². The molecule has 126 valence electrons. The van der Waals surface area contributed by atoms with E-state index in [4.69, 9.17) is 4.74 Å². The van der Waals surface area contributed by atoms with Gasteiger partial charge in [-0.2, -0.15) is 0 Å². The van der Waals surface area contributed by atoms with Crippen LogP contribution in [0.15, 0.2) is 64.4 Å². The third-order valence-corrected chi connectivity index (χ3v) is 3.23. The highest BCUT2D eigenvalue weighted by atomic mass is 16.5. The third kappa shape index (κ3) is 4.41. The van der Waals surface area contributed by atoms with E-state index in [1.54, 1.807) is 36.7 Å². The Hall–Kier alpha value is -3.68. The van der Waals surface area contributed by atoms with Crippen molar-refractivity contribution in [3.05, 3.63) is 87.0 Å². The number of benzene rings is 1. The van der Waals surface area contributed by atoms with Crippen LogP contribution < -0.4 is 21.3 Å². The second-order valence-electron chi connectivity index (χ2n) is 5.13. The van der Waals surface area contributed by atoms with Gasteiger partial charge in [0.15, 0.2) is 0 Å². The number of ether oxygens (including phenoxy) is 1. The number of hydrogen-bond donors (Lipinski definition) is 3. The largest absolute Gasteiger partial charge is 0.489 e. The Labute approximate surface area is 141 Å². The molecule has 0 bridgehead atoms. The van der Waals surface area contributed by atoms with Crippen LogP contribution in [0.2, 0.25) is 0 Å². The molecule has 0 atom stereocenters. The van der Waals surface area contributed by atoms with Gasteiger partial charge >= 0.3 is 5.69 Å². The third-order valence-electron chi connectivity index (χ3n) is 3.23. The monoisotopic (exact) mass is 338 g/mol. The van der Waals surface area contributed by atoms with Crippen LogP contribution in [0.4, 0.5) is 5.69 Å². The summed E-state index contributed by atoms with van der Waals surface area (Å²) in [5, 5.41) is 2.60. The number of carbonyl (C=O) groups is 1. The van der Waals surface area contributed by atoms with Crippen molar-refractivity contribution >= 4 is 11.6 Å². The van der Waals surface area contributed by atoms with Crippen molar-refractivity contribution in [1.82, 2.24) is 15.0 Å². The van der Waals surface area contributed by atoms with E-state index in [1.165, 1.54) is 0 Å². The lowest BCUT2D eigenvalue weighted by atomic mass is 10.2. The fraction of sp³-hybridized carbons (Fsp3) is 0.0588. The van der Waals surface area contributed by atoms with Crippen molar-refractivity contribution < 1.29 is 9.53 Å². The molecule has 2 heterocycles. The summed E-state index contributed by atoms with van der Waals surface area (Å²) < 4.78 is 5.65. The molecule has 1 amide bonds. The van der Waals surface area contributed by atoms with Gasteiger partial charge in [-0.3, -0.25) is 19.6 Å². The topological polar surface area (TPSA) is 117 Å². The molecule has 0 fully saturated rings. The molecule has 0 spiro atoms. The van der Waals surface area contributed by atoms with E-state index >= 15 is 0 Å². The minimum Gasteiger partial charge on any atom is -0.489 e. The van der Waals surface area contributed by atoms with Gasteiger partial charge in [0.1, 0.15) is 18.1 Å². The van der Waals surface area contributed by atoms with E-state index in [0.29, 0.717) is 18.0 Å². The lowest BCUT2D eigenvalue weighted by molar-refractivity contribution is 0.102. The quantitative estimate of drug-likeness (QED) is 0.648. The zero-order valence-electron chi connectivity index (χ0n) is 13.0. The highest BCUT2D eigenvalue weighted by Crippen LogP contribution is 2.18. The van der Waals surface area contributed by atoms with Crippen LogP contribution in [0.1, 0.15) is 16.1 Å². The molecule has 25 heavy (non-hydrogen) atoms. The van der Waals surface area contributed by atoms with E-state index in [0.717, 1.165) is 11.6 Å². The Balaban J connectivity index is 1.70. The number of H-pyrrole nitrogens is 2. The maximum atomic E-state index is 12.1. The lowest BCUT2D eigenvalue weighted by Gasteiger charge is -2.09. The van der Waals surface area contributed by atoms with E-state index in [1.807, 2.05) is 17.1 Å². The first-order valence-corrected chi connectivity index (χ1v) is 7.37. The molecule has 3 aromatic rings. The maximum absolute atomic E-state index is 12.1. The minimum atomic E-state index is -0.744. The number of anilines is 1. The normalized spacial score (nSPS) is 10.2. The van der Waals surface area contributed by atoms with Crippen molar-refractivity contribution in [2.75, 3.05) is 5.32 Å². The molecule has 8 heteroatoms. The van der Waals surface area contributed by atoms with Crippen LogP contribution in [0.5, 0.6) is 5.75 Å². The van der Waals surface area contributed by atoms with Gasteiger partial charge in [-0.1, -0.05) is 12.1 Å². The average molecular weight is 338 g/mol. The number of rotatable bonds is 5. The summed E-state index contributed by atoms with van der Waals surface area (Å²) in [6.45, 7) is 0.340. The fourth-order valence-corrected chi connectivity index (χ4v) is 2.10. The average Bonchev–Trinajstić information content (AvgIpc) is 2.60. The number of nitrogens with zero attached hydrogens (tertiary/aromatic N) is 1. The van der Waals surface area contributed by atoms with Crippen LogP contribution in [-0.2, 0) is 6.61 Å². The number of hydrogen-bond acceptors (Lipinski definition) is 5. The van der Waals surface area contributed by atoms with Crippen molar-refractivity contribution in [3.8, 4) is 5.75 Å². The molecule has 3 rings (SSSR count). The van der Waals surface area contributed by atoms with E-state index in [9.17, 15) is 14.4 Å². The predicted octanol–water partition coefficient (Wildman–Crippen LogP) is 1.29. The minimum absolute atomic E-state index is 0.129. The molecule has 2 aromatic heterocycles. The summed E-state index contributed by atoms with van der Waals surface area (Å²) in [4.78, 5) is 42.9. The Bertz CT molecular complexity index is 967. The van der Waals surface area contributed by atoms with Gasteiger partial charge in [0.2, 0.25) is 0 Å². The number of aromatic nitrogens is 3. The number of aromatic amines is 2. The molecule has 0 saturated carbocycles. The SMILES string of the molecule is O=C(Nc1cccc(OCc2cccnc2)c1)c1cc(=O)[nH]c(=O)[nH]1. The summed E-state index contributed by atoms with van der Waals surface area (Å²) >= 11 is 0. The van der Waals surface area contributed by atoms with Crippen LogP contribution in [-0.4, -0.2) is 20.9 Å². The molecule has 0 unspecified atom stereocenters. The summed E-state index contributed by atoms with van der Waals surface area (Å²) in [5.74, 6) is -0.0475. The number of carbonyl (C=O) groups excluding carboxylic acids is 1. The van der Waals surface area contributed by atoms with Crippen LogP contribution in [0, 0.1) is 0 Å². The van der Waals surface area contributed by atoms with Crippen LogP contribution in [0.3, 0.4) is 0 Å². The Morgan fingerprint density at radius 2 is 2.00 bits per heavy atom. The van der Waals surface area contributed by atoms with Gasteiger partial charge in [-0.25, -0.2) is 4.79 Å². The van der Waals surface area contributed by atoms with Gasteiger partial charge in [-0.05, 0) is 18.2 Å². The summed E-state index contributed by atoms with van der Waals surface area (Å²) in [7, 11) is 0. The van der Waals surface area contributed by atoms with Crippen LogP contribution in [0.25, 0.3) is 0 Å². The van der Waals surface area contributed by atoms with E-state index in [-0.39, 0.29) is 5.69 Å². The summed E-state index contributed by atoms with van der Waals surface area (Å²) in [6, 6.07) is 11.5. The fourth-order valence-electron chi connectivity index (χ4n) is 2.10. The molecular formula is C17H14N4O4. The van der Waals surface area contributed by atoms with Gasteiger partial charge in [-0.15, -0.1) is 0 Å². The molecule has 1 aromatic carbocycles. The highest BCUT2D eigenvalue weighted by Gasteiger charge is 2.09. The standard InChI is InChI=1S/C17H14N4O4/c22-15-8-14(20-17(24)21-15)16(23)19-12-4-1-5-13(7-12)25-10-11-3-2-6-18-9-11/h1-9H,10H2,(H,19,23)(H2,20,21,22,24).